The van der Waals surface area contributed by atoms with Crippen molar-refractivity contribution < 1.29 is 19.1 Å². The van der Waals surface area contributed by atoms with Gasteiger partial charge in [0, 0.05) is 0 Å². The number of carbonyl (C=O) groups excluding carboxylic acids is 3. The Labute approximate surface area is 180 Å². The lowest BCUT2D eigenvalue weighted by Crippen LogP contribution is -2.54. The van der Waals surface area contributed by atoms with Gasteiger partial charge in [0.2, 0.25) is 0 Å². The monoisotopic (exact) mass is 426 g/mol. The molecule has 0 radical (unpaired) electrons. The first kappa shape index (κ1) is 21.6. The molecular formula is C23H23ClN2O4. The highest BCUT2D eigenvalue weighted by Crippen LogP contribution is 2.29. The molecule has 0 spiro atoms. The summed E-state index contributed by atoms with van der Waals surface area (Å²) in [7, 11) is 0. The van der Waals surface area contributed by atoms with Crippen LogP contribution in [0, 0.1) is 13.8 Å². The van der Waals surface area contributed by atoms with Crippen LogP contribution in [-0.2, 0) is 9.59 Å². The average molecular weight is 427 g/mol. The van der Waals surface area contributed by atoms with Crippen molar-refractivity contribution in [2.45, 2.75) is 40.2 Å². The predicted molar refractivity (Wildman–Crippen MR) is 117 cm³/mol. The largest absolute Gasteiger partial charge is 0.489 e. The van der Waals surface area contributed by atoms with Gasteiger partial charge < -0.3 is 4.74 Å². The number of barbiturate groups is 1. The number of imide groups is 2. The van der Waals surface area contributed by atoms with Gasteiger partial charge in [0.1, 0.15) is 11.3 Å². The lowest BCUT2D eigenvalue weighted by molar-refractivity contribution is -0.122. The molecule has 0 aromatic heterocycles. The number of anilines is 1. The highest BCUT2D eigenvalue weighted by atomic mass is 35.5. The van der Waals surface area contributed by atoms with E-state index >= 15 is 0 Å². The molecule has 1 N–H and O–H groups in total. The molecule has 1 aliphatic rings. The highest BCUT2D eigenvalue weighted by Gasteiger charge is 2.36. The molecule has 0 aliphatic carbocycles. The summed E-state index contributed by atoms with van der Waals surface area (Å²) in [5.41, 5.74) is 2.75. The van der Waals surface area contributed by atoms with E-state index < -0.39 is 17.8 Å². The maximum atomic E-state index is 13.0. The zero-order chi connectivity index (χ0) is 22.0. The number of amides is 4. The number of aryl methyl sites for hydroxylation is 2. The number of nitrogens with one attached hydrogen (secondary N) is 1. The second-order valence-electron chi connectivity index (χ2n) is 7.25. The minimum Gasteiger partial charge on any atom is -0.489 e. The van der Waals surface area contributed by atoms with Crippen LogP contribution in [0.15, 0.2) is 42.0 Å². The van der Waals surface area contributed by atoms with E-state index in [1.165, 1.54) is 6.08 Å². The van der Waals surface area contributed by atoms with Crippen LogP contribution in [0.3, 0.4) is 0 Å². The first-order chi connectivity index (χ1) is 14.2. The number of hydrogen-bond acceptors (Lipinski definition) is 4. The van der Waals surface area contributed by atoms with E-state index in [1.807, 2.05) is 33.8 Å². The van der Waals surface area contributed by atoms with Crippen molar-refractivity contribution in [3.63, 3.8) is 0 Å². The van der Waals surface area contributed by atoms with Gasteiger partial charge >= 0.3 is 6.03 Å². The van der Waals surface area contributed by atoms with Crippen molar-refractivity contribution in [1.82, 2.24) is 5.32 Å². The van der Waals surface area contributed by atoms with Gasteiger partial charge in [0.25, 0.3) is 11.8 Å². The third kappa shape index (κ3) is 4.39. The highest BCUT2D eigenvalue weighted by molar-refractivity contribution is 6.39. The summed E-state index contributed by atoms with van der Waals surface area (Å²) in [6, 6.07) is 9.46. The zero-order valence-electron chi connectivity index (χ0n) is 17.3. The van der Waals surface area contributed by atoms with Crippen LogP contribution in [-0.4, -0.2) is 23.9 Å². The second-order valence-corrected chi connectivity index (χ2v) is 7.66. The molecular weight excluding hydrogens is 404 g/mol. The molecule has 1 unspecified atom stereocenters. The molecule has 1 atom stereocenters. The third-order valence-electron chi connectivity index (χ3n) is 5.02. The zero-order valence-corrected chi connectivity index (χ0v) is 18.0. The van der Waals surface area contributed by atoms with Gasteiger partial charge in [-0.15, -0.1) is 0 Å². The van der Waals surface area contributed by atoms with E-state index in [2.05, 4.69) is 5.32 Å². The molecule has 7 heteroatoms. The Morgan fingerprint density at radius 3 is 2.47 bits per heavy atom. The number of halogens is 1. The van der Waals surface area contributed by atoms with E-state index in [-0.39, 0.29) is 11.7 Å². The van der Waals surface area contributed by atoms with Gasteiger partial charge in [0.15, 0.2) is 0 Å². The summed E-state index contributed by atoms with van der Waals surface area (Å²) in [6.45, 7) is 7.77. The first-order valence-corrected chi connectivity index (χ1v) is 10.0. The standard InChI is InChI=1S/C23H23ClN2O4/c1-5-15(4)30-20-9-7-16(12-19(20)24)11-18-21(27)25-23(29)26(22(18)28)17-8-6-13(2)14(3)10-17/h6-12,15H,5H2,1-4H3,(H,25,27,29)/b18-11+. The van der Waals surface area contributed by atoms with E-state index in [4.69, 9.17) is 16.3 Å². The third-order valence-corrected chi connectivity index (χ3v) is 5.32. The quantitative estimate of drug-likeness (QED) is 0.550. The fourth-order valence-corrected chi connectivity index (χ4v) is 3.16. The molecule has 1 saturated heterocycles. The minimum atomic E-state index is -0.777. The number of benzene rings is 2. The van der Waals surface area contributed by atoms with Gasteiger partial charge in [0.05, 0.1) is 16.8 Å². The Hall–Kier alpha value is -3.12. The number of carbonyl (C=O) groups is 3. The summed E-state index contributed by atoms with van der Waals surface area (Å²) in [5.74, 6) is -0.913. The topological polar surface area (TPSA) is 75.7 Å². The lowest BCUT2D eigenvalue weighted by atomic mass is 10.0. The minimum absolute atomic E-state index is 0.00920. The van der Waals surface area contributed by atoms with Crippen LogP contribution in [0.4, 0.5) is 10.5 Å². The van der Waals surface area contributed by atoms with Crippen LogP contribution in [0.1, 0.15) is 37.0 Å². The van der Waals surface area contributed by atoms with E-state index in [1.54, 1.807) is 30.3 Å². The fraction of sp³-hybridized carbons (Fsp3) is 0.261. The normalized spacial score (nSPS) is 16.6. The average Bonchev–Trinajstić information content (AvgIpc) is 2.69. The van der Waals surface area contributed by atoms with Crippen molar-refractivity contribution in [2.75, 3.05) is 4.90 Å². The van der Waals surface area contributed by atoms with E-state index in [0.717, 1.165) is 22.4 Å². The van der Waals surface area contributed by atoms with Gasteiger partial charge in [-0.2, -0.15) is 0 Å². The Morgan fingerprint density at radius 2 is 1.83 bits per heavy atom. The summed E-state index contributed by atoms with van der Waals surface area (Å²) in [6.07, 6.45) is 2.26. The molecule has 0 saturated carbocycles. The Kier molecular flexibility index (Phi) is 6.27. The van der Waals surface area contributed by atoms with Crippen LogP contribution >= 0.6 is 11.6 Å². The number of urea groups is 1. The molecule has 6 nitrogen and oxygen atoms in total. The van der Waals surface area contributed by atoms with Crippen molar-refractivity contribution in [1.29, 1.82) is 0 Å². The maximum absolute atomic E-state index is 13.0. The summed E-state index contributed by atoms with van der Waals surface area (Å²) < 4.78 is 5.74. The van der Waals surface area contributed by atoms with Crippen molar-refractivity contribution >= 4 is 41.2 Å². The smallest absolute Gasteiger partial charge is 0.335 e. The predicted octanol–water partition coefficient (Wildman–Crippen LogP) is 4.80. The van der Waals surface area contributed by atoms with Crippen LogP contribution < -0.4 is 15.0 Å². The van der Waals surface area contributed by atoms with E-state index in [0.29, 0.717) is 22.0 Å². The Bertz CT molecular complexity index is 1060. The van der Waals surface area contributed by atoms with Crippen molar-refractivity contribution in [2.24, 2.45) is 0 Å². The Balaban J connectivity index is 1.94. The van der Waals surface area contributed by atoms with Gasteiger partial charge in [-0.1, -0.05) is 30.7 Å². The Morgan fingerprint density at radius 1 is 1.10 bits per heavy atom. The van der Waals surface area contributed by atoms with Gasteiger partial charge in [-0.05, 0) is 74.2 Å². The molecule has 4 amide bonds. The van der Waals surface area contributed by atoms with Gasteiger partial charge in [-0.3, -0.25) is 14.9 Å². The van der Waals surface area contributed by atoms with E-state index in [9.17, 15) is 14.4 Å². The SMILES string of the molecule is CCC(C)Oc1ccc(/C=C2\C(=O)NC(=O)N(c3ccc(C)c(C)c3)C2=O)cc1Cl. The van der Waals surface area contributed by atoms with Gasteiger partial charge in [-0.25, -0.2) is 9.69 Å². The molecule has 2 aromatic rings. The number of hydrogen-bond donors (Lipinski definition) is 1. The molecule has 1 aliphatic heterocycles. The molecule has 3 rings (SSSR count). The van der Waals surface area contributed by atoms with Crippen LogP contribution in [0.25, 0.3) is 6.08 Å². The summed E-state index contributed by atoms with van der Waals surface area (Å²) >= 11 is 6.30. The molecule has 0 bridgehead atoms. The molecule has 1 heterocycles. The van der Waals surface area contributed by atoms with Crippen LogP contribution in [0.2, 0.25) is 5.02 Å². The molecule has 30 heavy (non-hydrogen) atoms. The molecule has 156 valence electrons. The lowest BCUT2D eigenvalue weighted by Gasteiger charge is -2.26. The molecule has 1 fully saturated rings. The number of ether oxygens (including phenoxy) is 1. The second kappa shape index (κ2) is 8.71. The fourth-order valence-electron chi connectivity index (χ4n) is 2.93. The summed E-state index contributed by atoms with van der Waals surface area (Å²) in [4.78, 5) is 38.7. The molecule has 2 aromatic carbocycles. The van der Waals surface area contributed by atoms with Crippen molar-refractivity contribution in [3.05, 3.63) is 63.7 Å². The maximum Gasteiger partial charge on any atom is 0.335 e. The number of rotatable bonds is 5. The number of nitrogens with zero attached hydrogens (tertiary/aromatic N) is 1. The van der Waals surface area contributed by atoms with Crippen LogP contribution in [0.5, 0.6) is 5.75 Å². The summed E-state index contributed by atoms with van der Waals surface area (Å²) in [5, 5.41) is 2.59. The van der Waals surface area contributed by atoms with Crippen molar-refractivity contribution in [3.8, 4) is 5.75 Å². The first-order valence-electron chi connectivity index (χ1n) is 9.66.